The second kappa shape index (κ2) is 12.0. The van der Waals surface area contributed by atoms with Gasteiger partial charge in [-0.15, -0.1) is 0 Å². The quantitative estimate of drug-likeness (QED) is 0.241. The van der Waals surface area contributed by atoms with E-state index in [2.05, 4.69) is 4.98 Å². The lowest BCUT2D eigenvalue weighted by molar-refractivity contribution is -0.267. The minimum atomic E-state index is -1.53. The molecule has 1 saturated heterocycles. The molecule has 3 heterocycles. The van der Waals surface area contributed by atoms with Crippen LogP contribution in [0, 0.1) is 0 Å². The van der Waals surface area contributed by atoms with Gasteiger partial charge in [-0.1, -0.05) is 0 Å². The molecule has 16 heteroatoms. The van der Waals surface area contributed by atoms with E-state index in [1.807, 2.05) is 0 Å². The number of aromatic nitrogens is 4. The molecule has 39 heavy (non-hydrogen) atoms. The number of ether oxygens (including phenoxy) is 5. The monoisotopic (exact) mass is 572 g/mol. The van der Waals surface area contributed by atoms with E-state index < -0.39 is 72.4 Å². The Morgan fingerprint density at radius 1 is 0.846 bits per heavy atom. The van der Waals surface area contributed by atoms with Crippen LogP contribution in [0.3, 0.4) is 0 Å². The SMILES string of the molecule is CCn1c(=O)c2c(nc(Cl)n2C2OC(COC(C)=O)C(OC(C)=O)C(OC(C)=O)C2OC(C)=O)n(CC)c1=O. The molecule has 0 N–H and O–H groups in total. The second-order valence-corrected chi connectivity index (χ2v) is 8.93. The Balaban J connectivity index is 2.35. The van der Waals surface area contributed by atoms with Crippen molar-refractivity contribution in [1.29, 1.82) is 0 Å². The minimum absolute atomic E-state index is 0.0228. The Kier molecular flexibility index (Phi) is 9.17. The van der Waals surface area contributed by atoms with Crippen LogP contribution < -0.4 is 11.2 Å². The zero-order chi connectivity index (χ0) is 29.2. The maximum absolute atomic E-state index is 13.5. The van der Waals surface area contributed by atoms with Crippen molar-refractivity contribution >= 4 is 46.6 Å². The van der Waals surface area contributed by atoms with E-state index in [0.29, 0.717) is 0 Å². The van der Waals surface area contributed by atoms with Gasteiger partial charge >= 0.3 is 29.6 Å². The van der Waals surface area contributed by atoms with Gasteiger partial charge in [0.1, 0.15) is 12.7 Å². The first-order chi connectivity index (χ1) is 18.3. The average Bonchev–Trinajstić information content (AvgIpc) is 3.16. The van der Waals surface area contributed by atoms with Gasteiger partial charge in [-0.05, 0) is 25.4 Å². The number of esters is 4. The molecule has 1 fully saturated rings. The van der Waals surface area contributed by atoms with Crippen LogP contribution >= 0.6 is 11.6 Å². The van der Waals surface area contributed by atoms with Gasteiger partial charge in [0.15, 0.2) is 35.7 Å². The molecule has 214 valence electrons. The normalized spacial score (nSPS) is 22.8. The Morgan fingerprint density at radius 2 is 1.38 bits per heavy atom. The van der Waals surface area contributed by atoms with Gasteiger partial charge < -0.3 is 23.7 Å². The fourth-order valence-corrected chi connectivity index (χ4v) is 4.70. The second-order valence-electron chi connectivity index (χ2n) is 8.59. The van der Waals surface area contributed by atoms with E-state index in [1.165, 1.54) is 4.57 Å². The van der Waals surface area contributed by atoms with E-state index in [4.69, 9.17) is 35.3 Å². The lowest BCUT2D eigenvalue weighted by Gasteiger charge is -2.44. The van der Waals surface area contributed by atoms with Crippen LogP contribution in [-0.2, 0) is 56.0 Å². The number of hydrogen-bond acceptors (Lipinski definition) is 12. The van der Waals surface area contributed by atoms with Crippen LogP contribution in [0.4, 0.5) is 0 Å². The van der Waals surface area contributed by atoms with E-state index in [0.717, 1.165) is 36.8 Å². The van der Waals surface area contributed by atoms with Crippen molar-refractivity contribution in [3.05, 3.63) is 26.1 Å². The van der Waals surface area contributed by atoms with Crippen molar-refractivity contribution < 1.29 is 42.9 Å². The van der Waals surface area contributed by atoms with E-state index in [1.54, 1.807) is 13.8 Å². The summed E-state index contributed by atoms with van der Waals surface area (Å²) in [5.74, 6) is -3.14. The number of hydrogen-bond donors (Lipinski definition) is 0. The number of halogens is 1. The summed E-state index contributed by atoms with van der Waals surface area (Å²) in [6, 6.07) is 0. The molecule has 15 nitrogen and oxygen atoms in total. The van der Waals surface area contributed by atoms with Gasteiger partial charge in [-0.3, -0.25) is 37.7 Å². The molecule has 0 bridgehead atoms. The zero-order valence-corrected chi connectivity index (χ0v) is 22.9. The number of carbonyl (C=O) groups excluding carboxylic acids is 4. The lowest BCUT2D eigenvalue weighted by Crippen LogP contribution is -2.60. The summed E-state index contributed by atoms with van der Waals surface area (Å²) < 4.78 is 30.8. The number of aryl methyl sites for hydroxylation is 1. The number of rotatable bonds is 8. The molecular formula is C23H29ClN4O11. The van der Waals surface area contributed by atoms with E-state index in [-0.39, 0.29) is 29.5 Å². The third-order valence-electron chi connectivity index (χ3n) is 5.87. The molecule has 0 spiro atoms. The molecule has 5 atom stereocenters. The summed E-state index contributed by atoms with van der Waals surface area (Å²) in [6.07, 6.45) is -7.22. The van der Waals surface area contributed by atoms with E-state index >= 15 is 0 Å². The van der Waals surface area contributed by atoms with Crippen molar-refractivity contribution in [1.82, 2.24) is 18.7 Å². The molecule has 0 saturated carbocycles. The summed E-state index contributed by atoms with van der Waals surface area (Å²) in [7, 11) is 0. The van der Waals surface area contributed by atoms with Crippen LogP contribution in [0.1, 0.15) is 47.8 Å². The van der Waals surface area contributed by atoms with Crippen molar-refractivity contribution in [3.8, 4) is 0 Å². The first-order valence-corrected chi connectivity index (χ1v) is 12.4. The lowest BCUT2D eigenvalue weighted by atomic mass is 9.97. The number of fused-ring (bicyclic) bond motifs is 1. The number of nitrogens with zero attached hydrogens (tertiary/aromatic N) is 4. The van der Waals surface area contributed by atoms with Gasteiger partial charge in [-0.25, -0.2) is 4.79 Å². The molecule has 0 aliphatic carbocycles. The molecule has 1 aliphatic rings. The summed E-state index contributed by atoms with van der Waals surface area (Å²) in [5.41, 5.74) is -1.59. The summed E-state index contributed by atoms with van der Waals surface area (Å²) in [4.78, 5) is 78.4. The Bertz CT molecular complexity index is 1410. The van der Waals surface area contributed by atoms with Gasteiger partial charge in [0.2, 0.25) is 5.28 Å². The van der Waals surface area contributed by atoms with Crippen molar-refractivity contribution in [2.45, 2.75) is 85.3 Å². The van der Waals surface area contributed by atoms with Gasteiger partial charge in [0.25, 0.3) is 5.56 Å². The molecule has 2 aromatic rings. The maximum Gasteiger partial charge on any atom is 0.332 e. The standard InChI is InChI=1S/C23H29ClN4O11/c1-7-26-19-15(20(33)27(8-2)23(26)34)28(22(24)25-19)21-18(38-13(6)32)17(37-12(5)31)16(36-11(4)30)14(39-21)9-35-10(3)29/h14,16-18,21H,7-9H2,1-6H3. The highest BCUT2D eigenvalue weighted by atomic mass is 35.5. The molecule has 0 amide bonds. The van der Waals surface area contributed by atoms with Crippen LogP contribution in [0.5, 0.6) is 0 Å². The van der Waals surface area contributed by atoms with Crippen LogP contribution in [0.25, 0.3) is 11.2 Å². The molecule has 2 aromatic heterocycles. The third kappa shape index (κ3) is 5.98. The van der Waals surface area contributed by atoms with Crippen LogP contribution in [0.15, 0.2) is 9.59 Å². The molecule has 1 aliphatic heterocycles. The topological polar surface area (TPSA) is 176 Å². The Morgan fingerprint density at radius 3 is 1.90 bits per heavy atom. The average molecular weight is 573 g/mol. The highest BCUT2D eigenvalue weighted by Crippen LogP contribution is 2.37. The highest BCUT2D eigenvalue weighted by molar-refractivity contribution is 6.29. The minimum Gasteiger partial charge on any atom is -0.463 e. The van der Waals surface area contributed by atoms with E-state index in [9.17, 15) is 28.8 Å². The van der Waals surface area contributed by atoms with Gasteiger partial charge in [0, 0.05) is 40.8 Å². The third-order valence-corrected chi connectivity index (χ3v) is 6.13. The Hall–Kier alpha value is -3.72. The number of imidazole rings is 1. The number of carbonyl (C=O) groups is 4. The fourth-order valence-electron chi connectivity index (χ4n) is 4.44. The van der Waals surface area contributed by atoms with Crippen molar-refractivity contribution in [2.24, 2.45) is 0 Å². The zero-order valence-electron chi connectivity index (χ0n) is 22.2. The maximum atomic E-state index is 13.5. The fraction of sp³-hybridized carbons (Fsp3) is 0.609. The molecule has 3 rings (SSSR count). The van der Waals surface area contributed by atoms with Crippen molar-refractivity contribution in [2.75, 3.05) is 6.61 Å². The van der Waals surface area contributed by atoms with Crippen LogP contribution in [0.2, 0.25) is 5.28 Å². The van der Waals surface area contributed by atoms with Crippen molar-refractivity contribution in [3.63, 3.8) is 0 Å². The molecule has 0 radical (unpaired) electrons. The largest absolute Gasteiger partial charge is 0.463 e. The molecular weight excluding hydrogens is 544 g/mol. The predicted octanol–water partition coefficient (Wildman–Crippen LogP) is 0.309. The summed E-state index contributed by atoms with van der Waals surface area (Å²) in [6.45, 7) is 7.37. The van der Waals surface area contributed by atoms with Crippen LogP contribution in [-0.4, -0.2) is 73.6 Å². The Labute approximate surface area is 226 Å². The summed E-state index contributed by atoms with van der Waals surface area (Å²) in [5, 5.41) is -0.321. The van der Waals surface area contributed by atoms with Gasteiger partial charge in [-0.2, -0.15) is 4.98 Å². The first kappa shape index (κ1) is 29.8. The smallest absolute Gasteiger partial charge is 0.332 e. The predicted molar refractivity (Wildman–Crippen MR) is 132 cm³/mol. The summed E-state index contributed by atoms with van der Waals surface area (Å²) >= 11 is 6.49. The molecule has 0 aromatic carbocycles. The van der Waals surface area contributed by atoms with Gasteiger partial charge in [0.05, 0.1) is 0 Å². The first-order valence-electron chi connectivity index (χ1n) is 12.0. The molecule has 5 unspecified atom stereocenters. The highest BCUT2D eigenvalue weighted by Gasteiger charge is 2.53.